The molecule has 0 aromatic carbocycles. The van der Waals surface area contributed by atoms with Crippen molar-refractivity contribution in [1.82, 2.24) is 10.0 Å². The standard InChI is InChI=1S/C14H30N2O2S/c1-4-6-13-7-9-14(10-8-13)16-19(17,18)12(3)11-15-5-2/h12-16H,4-11H2,1-3H3. The first-order valence-electron chi connectivity index (χ1n) is 7.71. The lowest BCUT2D eigenvalue weighted by atomic mass is 9.84. The first-order valence-corrected chi connectivity index (χ1v) is 9.26. The molecule has 0 saturated heterocycles. The Kier molecular flexibility index (Phi) is 7.32. The van der Waals surface area contributed by atoms with Gasteiger partial charge in [-0.25, -0.2) is 13.1 Å². The molecular formula is C14H30N2O2S. The largest absolute Gasteiger partial charge is 0.316 e. The average Bonchev–Trinajstić information content (AvgIpc) is 2.38. The van der Waals surface area contributed by atoms with Crippen LogP contribution in [-0.4, -0.2) is 32.8 Å². The summed E-state index contributed by atoms with van der Waals surface area (Å²) in [5.74, 6) is 0.810. The topological polar surface area (TPSA) is 58.2 Å². The second kappa shape index (κ2) is 8.22. The van der Waals surface area contributed by atoms with Crippen molar-refractivity contribution in [2.24, 2.45) is 5.92 Å². The zero-order chi connectivity index (χ0) is 14.3. The number of nitrogens with one attached hydrogen (secondary N) is 2. The van der Waals surface area contributed by atoms with Gasteiger partial charge in [-0.15, -0.1) is 0 Å². The zero-order valence-electron chi connectivity index (χ0n) is 12.6. The third-order valence-corrected chi connectivity index (χ3v) is 5.97. The van der Waals surface area contributed by atoms with Gasteiger partial charge in [0.25, 0.3) is 0 Å². The van der Waals surface area contributed by atoms with Gasteiger partial charge in [0.05, 0.1) is 5.25 Å². The van der Waals surface area contributed by atoms with Crippen LogP contribution in [0.5, 0.6) is 0 Å². The van der Waals surface area contributed by atoms with Crippen LogP contribution in [0.1, 0.15) is 59.3 Å². The normalized spacial score (nSPS) is 26.3. The maximum Gasteiger partial charge on any atom is 0.215 e. The molecule has 0 heterocycles. The van der Waals surface area contributed by atoms with Gasteiger partial charge in [0.2, 0.25) is 10.0 Å². The maximum atomic E-state index is 12.2. The van der Waals surface area contributed by atoms with E-state index < -0.39 is 10.0 Å². The van der Waals surface area contributed by atoms with E-state index in [0.717, 1.165) is 25.3 Å². The Hall–Kier alpha value is -0.130. The summed E-state index contributed by atoms with van der Waals surface area (Å²) in [6, 6.07) is 0.155. The van der Waals surface area contributed by atoms with Gasteiger partial charge in [-0.05, 0) is 45.1 Å². The molecule has 0 bridgehead atoms. The molecule has 0 aromatic heterocycles. The summed E-state index contributed by atoms with van der Waals surface area (Å²) in [7, 11) is -3.17. The van der Waals surface area contributed by atoms with Crippen molar-refractivity contribution in [1.29, 1.82) is 0 Å². The SMILES string of the molecule is CCCC1CCC(NS(=O)(=O)C(C)CNCC)CC1. The molecule has 1 atom stereocenters. The van der Waals surface area contributed by atoms with Gasteiger partial charge in [0, 0.05) is 12.6 Å². The molecule has 2 N–H and O–H groups in total. The molecular weight excluding hydrogens is 260 g/mol. The van der Waals surface area contributed by atoms with Crippen LogP contribution in [0.3, 0.4) is 0 Å². The van der Waals surface area contributed by atoms with Gasteiger partial charge in [-0.1, -0.05) is 26.7 Å². The van der Waals surface area contributed by atoms with Gasteiger partial charge in [0.1, 0.15) is 0 Å². The van der Waals surface area contributed by atoms with Gasteiger partial charge < -0.3 is 5.32 Å². The molecule has 5 heteroatoms. The molecule has 0 aliphatic heterocycles. The number of sulfonamides is 1. The minimum absolute atomic E-state index is 0.155. The number of hydrogen-bond acceptors (Lipinski definition) is 3. The Morgan fingerprint density at radius 1 is 1.16 bits per heavy atom. The second-order valence-corrected chi connectivity index (χ2v) is 7.92. The van der Waals surface area contributed by atoms with Crippen LogP contribution in [0.15, 0.2) is 0 Å². The summed E-state index contributed by atoms with van der Waals surface area (Å²) in [6.07, 6.45) is 6.86. The van der Waals surface area contributed by atoms with Crippen LogP contribution in [0.2, 0.25) is 0 Å². The van der Waals surface area contributed by atoms with E-state index in [1.165, 1.54) is 25.7 Å². The number of hydrogen-bond donors (Lipinski definition) is 2. The minimum Gasteiger partial charge on any atom is -0.316 e. The molecule has 1 aliphatic rings. The summed E-state index contributed by atoms with van der Waals surface area (Å²) in [4.78, 5) is 0. The highest BCUT2D eigenvalue weighted by Crippen LogP contribution is 2.28. The molecule has 0 spiro atoms. The summed E-state index contributed by atoms with van der Waals surface area (Å²) in [5, 5.41) is 2.74. The first kappa shape index (κ1) is 16.9. The van der Waals surface area contributed by atoms with Gasteiger partial charge >= 0.3 is 0 Å². The molecule has 1 saturated carbocycles. The molecule has 0 amide bonds. The highest BCUT2D eigenvalue weighted by atomic mass is 32.2. The average molecular weight is 290 g/mol. The molecule has 1 unspecified atom stereocenters. The van der Waals surface area contributed by atoms with E-state index >= 15 is 0 Å². The van der Waals surface area contributed by atoms with E-state index in [2.05, 4.69) is 17.0 Å². The third kappa shape index (κ3) is 5.79. The zero-order valence-corrected chi connectivity index (χ0v) is 13.4. The second-order valence-electron chi connectivity index (χ2n) is 5.79. The van der Waals surface area contributed by atoms with Crippen LogP contribution >= 0.6 is 0 Å². The van der Waals surface area contributed by atoms with E-state index in [0.29, 0.717) is 6.54 Å². The van der Waals surface area contributed by atoms with Crippen molar-refractivity contribution in [2.75, 3.05) is 13.1 Å². The quantitative estimate of drug-likeness (QED) is 0.721. The number of rotatable bonds is 8. The van der Waals surface area contributed by atoms with Gasteiger partial charge in [0.15, 0.2) is 0 Å². The van der Waals surface area contributed by atoms with E-state index in [1.807, 2.05) is 6.92 Å². The van der Waals surface area contributed by atoms with E-state index in [9.17, 15) is 8.42 Å². The lowest BCUT2D eigenvalue weighted by Crippen LogP contribution is -2.44. The van der Waals surface area contributed by atoms with Gasteiger partial charge in [-0.3, -0.25) is 0 Å². The summed E-state index contributed by atoms with van der Waals surface area (Å²) in [6.45, 7) is 7.31. The Balaban J connectivity index is 2.38. The molecule has 19 heavy (non-hydrogen) atoms. The fourth-order valence-electron chi connectivity index (χ4n) is 2.78. The first-order chi connectivity index (χ1) is 8.99. The van der Waals surface area contributed by atoms with E-state index in [4.69, 9.17) is 0 Å². The summed E-state index contributed by atoms with van der Waals surface area (Å²) >= 11 is 0. The van der Waals surface area contributed by atoms with Crippen molar-refractivity contribution in [3.63, 3.8) is 0 Å². The predicted octanol–water partition coefficient (Wildman–Crippen LogP) is 2.26. The van der Waals surface area contributed by atoms with Crippen molar-refractivity contribution in [2.45, 2.75) is 70.6 Å². The van der Waals surface area contributed by atoms with Crippen molar-refractivity contribution in [3.05, 3.63) is 0 Å². The Bertz CT molecular complexity index is 335. The van der Waals surface area contributed by atoms with E-state index in [1.54, 1.807) is 6.92 Å². The Morgan fingerprint density at radius 3 is 2.32 bits per heavy atom. The van der Waals surface area contributed by atoms with Crippen molar-refractivity contribution >= 4 is 10.0 Å². The molecule has 4 nitrogen and oxygen atoms in total. The highest BCUT2D eigenvalue weighted by Gasteiger charge is 2.27. The van der Waals surface area contributed by atoms with Crippen LogP contribution < -0.4 is 10.0 Å². The predicted molar refractivity (Wildman–Crippen MR) is 80.7 cm³/mol. The van der Waals surface area contributed by atoms with Crippen LogP contribution in [0.4, 0.5) is 0 Å². The summed E-state index contributed by atoms with van der Waals surface area (Å²) < 4.78 is 27.2. The fraction of sp³-hybridized carbons (Fsp3) is 1.00. The smallest absolute Gasteiger partial charge is 0.215 e. The molecule has 1 aliphatic carbocycles. The van der Waals surface area contributed by atoms with Crippen LogP contribution in [0, 0.1) is 5.92 Å². The maximum absolute atomic E-state index is 12.2. The van der Waals surface area contributed by atoms with Crippen molar-refractivity contribution < 1.29 is 8.42 Å². The lowest BCUT2D eigenvalue weighted by Gasteiger charge is -2.29. The molecule has 0 aromatic rings. The fourth-order valence-corrected chi connectivity index (χ4v) is 4.05. The molecule has 114 valence electrons. The van der Waals surface area contributed by atoms with Crippen molar-refractivity contribution in [3.8, 4) is 0 Å². The Morgan fingerprint density at radius 2 is 1.79 bits per heavy atom. The summed E-state index contributed by atoms with van der Waals surface area (Å²) in [5.41, 5.74) is 0. The van der Waals surface area contributed by atoms with Gasteiger partial charge in [-0.2, -0.15) is 0 Å². The monoisotopic (exact) mass is 290 g/mol. The molecule has 1 fully saturated rings. The highest BCUT2D eigenvalue weighted by molar-refractivity contribution is 7.90. The Labute approximate surface area is 118 Å². The minimum atomic E-state index is -3.17. The molecule has 1 rings (SSSR count). The van der Waals surface area contributed by atoms with Crippen LogP contribution in [0.25, 0.3) is 0 Å². The third-order valence-electron chi connectivity index (χ3n) is 4.09. The molecule has 0 radical (unpaired) electrons. The van der Waals surface area contributed by atoms with Crippen LogP contribution in [-0.2, 0) is 10.0 Å². The van der Waals surface area contributed by atoms with E-state index in [-0.39, 0.29) is 11.3 Å². The lowest BCUT2D eigenvalue weighted by molar-refractivity contribution is 0.296.